The molecule has 0 radical (unpaired) electrons. The molecule has 1 N–H and O–H groups in total. The van der Waals surface area contributed by atoms with Crippen molar-refractivity contribution in [1.82, 2.24) is 0 Å². The van der Waals surface area contributed by atoms with Gasteiger partial charge in [0.2, 0.25) is 0 Å². The SMILES string of the molecule is CC1CC(O)(c2cccc(Sc3ccc4ccccc4c3)c2)CCO1. The Morgan fingerprint density at radius 3 is 2.60 bits per heavy atom. The second-order valence-corrected chi connectivity index (χ2v) is 7.95. The van der Waals surface area contributed by atoms with Crippen LogP contribution in [0.1, 0.15) is 25.3 Å². The van der Waals surface area contributed by atoms with Gasteiger partial charge in [-0.05, 0) is 47.5 Å². The van der Waals surface area contributed by atoms with Crippen molar-refractivity contribution in [3.8, 4) is 0 Å². The van der Waals surface area contributed by atoms with Crippen LogP contribution in [-0.4, -0.2) is 17.8 Å². The second kappa shape index (κ2) is 6.83. The third kappa shape index (κ3) is 3.59. The maximum Gasteiger partial charge on any atom is 0.0943 e. The van der Waals surface area contributed by atoms with Crippen molar-refractivity contribution >= 4 is 22.5 Å². The molecule has 25 heavy (non-hydrogen) atoms. The van der Waals surface area contributed by atoms with Gasteiger partial charge in [-0.2, -0.15) is 0 Å². The molecular formula is C22H22O2S. The highest BCUT2D eigenvalue weighted by Crippen LogP contribution is 2.37. The van der Waals surface area contributed by atoms with Crippen LogP contribution >= 0.6 is 11.8 Å². The van der Waals surface area contributed by atoms with Crippen LogP contribution in [0.4, 0.5) is 0 Å². The summed E-state index contributed by atoms with van der Waals surface area (Å²) in [6.07, 6.45) is 1.40. The first-order chi connectivity index (χ1) is 12.1. The molecule has 2 nitrogen and oxygen atoms in total. The van der Waals surface area contributed by atoms with Crippen molar-refractivity contribution in [3.63, 3.8) is 0 Å². The summed E-state index contributed by atoms with van der Waals surface area (Å²) in [7, 11) is 0. The second-order valence-electron chi connectivity index (χ2n) is 6.81. The average molecular weight is 350 g/mol. The van der Waals surface area contributed by atoms with Crippen molar-refractivity contribution < 1.29 is 9.84 Å². The van der Waals surface area contributed by atoms with Gasteiger partial charge in [0.25, 0.3) is 0 Å². The zero-order valence-electron chi connectivity index (χ0n) is 14.3. The Morgan fingerprint density at radius 2 is 1.76 bits per heavy atom. The molecule has 3 aromatic carbocycles. The molecule has 0 bridgehead atoms. The molecule has 128 valence electrons. The molecule has 2 unspecified atom stereocenters. The quantitative estimate of drug-likeness (QED) is 0.688. The predicted molar refractivity (Wildman–Crippen MR) is 103 cm³/mol. The largest absolute Gasteiger partial charge is 0.385 e. The predicted octanol–water partition coefficient (Wildman–Crippen LogP) is 5.38. The van der Waals surface area contributed by atoms with Crippen LogP contribution in [0, 0.1) is 0 Å². The zero-order valence-corrected chi connectivity index (χ0v) is 15.1. The minimum atomic E-state index is -0.780. The molecule has 0 saturated carbocycles. The van der Waals surface area contributed by atoms with Crippen molar-refractivity contribution in [1.29, 1.82) is 0 Å². The molecule has 1 heterocycles. The van der Waals surface area contributed by atoms with E-state index in [9.17, 15) is 5.11 Å². The Labute approximate surface area is 152 Å². The number of benzene rings is 3. The summed E-state index contributed by atoms with van der Waals surface area (Å²) >= 11 is 1.74. The lowest BCUT2D eigenvalue weighted by Crippen LogP contribution is -2.37. The van der Waals surface area contributed by atoms with E-state index in [1.54, 1.807) is 11.8 Å². The van der Waals surface area contributed by atoms with Crippen molar-refractivity contribution in [2.45, 2.75) is 41.3 Å². The molecule has 3 heteroatoms. The molecule has 1 aliphatic rings. The molecule has 0 amide bonds. The molecule has 0 aromatic heterocycles. The summed E-state index contributed by atoms with van der Waals surface area (Å²) in [5.74, 6) is 0. The molecular weight excluding hydrogens is 328 g/mol. The monoisotopic (exact) mass is 350 g/mol. The molecule has 4 rings (SSSR count). The molecule has 0 aliphatic carbocycles. The summed E-state index contributed by atoms with van der Waals surface area (Å²) in [6, 6.07) is 23.2. The summed E-state index contributed by atoms with van der Waals surface area (Å²) in [4.78, 5) is 2.36. The van der Waals surface area contributed by atoms with E-state index in [1.165, 1.54) is 15.7 Å². The molecule has 1 saturated heterocycles. The van der Waals surface area contributed by atoms with Crippen LogP contribution < -0.4 is 0 Å². The summed E-state index contributed by atoms with van der Waals surface area (Å²) in [6.45, 7) is 2.64. The molecule has 3 aromatic rings. The summed E-state index contributed by atoms with van der Waals surface area (Å²) in [5.41, 5.74) is 0.214. The normalized spacial score (nSPS) is 23.7. The van der Waals surface area contributed by atoms with E-state index in [1.807, 2.05) is 19.1 Å². The summed E-state index contributed by atoms with van der Waals surface area (Å²) < 4.78 is 5.60. The fourth-order valence-electron chi connectivity index (χ4n) is 3.54. The Bertz CT molecular complexity index is 892. The lowest BCUT2D eigenvalue weighted by atomic mass is 9.84. The first kappa shape index (κ1) is 16.6. The topological polar surface area (TPSA) is 29.5 Å². The number of rotatable bonds is 3. The van der Waals surface area contributed by atoms with Crippen LogP contribution in [-0.2, 0) is 10.3 Å². The van der Waals surface area contributed by atoms with Gasteiger partial charge in [-0.3, -0.25) is 0 Å². The lowest BCUT2D eigenvalue weighted by molar-refractivity contribution is -0.101. The Morgan fingerprint density at radius 1 is 0.960 bits per heavy atom. The Balaban J connectivity index is 1.60. The van der Waals surface area contributed by atoms with Crippen LogP contribution in [0.15, 0.2) is 76.5 Å². The lowest BCUT2D eigenvalue weighted by Gasteiger charge is -2.36. The number of hydrogen-bond acceptors (Lipinski definition) is 3. The van der Waals surface area contributed by atoms with E-state index in [0.717, 1.165) is 10.5 Å². The highest BCUT2D eigenvalue weighted by atomic mass is 32.2. The third-order valence-electron chi connectivity index (χ3n) is 4.87. The van der Waals surface area contributed by atoms with Crippen molar-refractivity contribution in [2.75, 3.05) is 6.61 Å². The van der Waals surface area contributed by atoms with Gasteiger partial charge in [0.1, 0.15) is 0 Å². The molecule has 0 spiro atoms. The van der Waals surface area contributed by atoms with Gasteiger partial charge in [0, 0.05) is 22.6 Å². The van der Waals surface area contributed by atoms with Crippen LogP contribution in [0.5, 0.6) is 0 Å². The summed E-state index contributed by atoms with van der Waals surface area (Å²) in [5, 5.41) is 13.6. The van der Waals surface area contributed by atoms with Crippen molar-refractivity contribution in [2.24, 2.45) is 0 Å². The third-order valence-corrected chi connectivity index (χ3v) is 5.85. The van der Waals surface area contributed by atoms with E-state index in [0.29, 0.717) is 19.4 Å². The zero-order chi connectivity index (χ0) is 17.3. The maximum absolute atomic E-state index is 11.1. The van der Waals surface area contributed by atoms with Gasteiger partial charge >= 0.3 is 0 Å². The highest BCUT2D eigenvalue weighted by Gasteiger charge is 2.35. The smallest absolute Gasteiger partial charge is 0.0943 e. The highest BCUT2D eigenvalue weighted by molar-refractivity contribution is 7.99. The maximum atomic E-state index is 11.1. The van der Waals surface area contributed by atoms with Crippen LogP contribution in [0.25, 0.3) is 10.8 Å². The van der Waals surface area contributed by atoms with E-state index in [2.05, 4.69) is 54.6 Å². The Kier molecular flexibility index (Phi) is 4.55. The van der Waals surface area contributed by atoms with Gasteiger partial charge in [-0.15, -0.1) is 0 Å². The van der Waals surface area contributed by atoms with E-state index in [-0.39, 0.29) is 6.10 Å². The van der Waals surface area contributed by atoms with Gasteiger partial charge in [-0.25, -0.2) is 0 Å². The minimum absolute atomic E-state index is 0.0931. The van der Waals surface area contributed by atoms with Gasteiger partial charge in [0.15, 0.2) is 0 Å². The van der Waals surface area contributed by atoms with E-state index < -0.39 is 5.60 Å². The van der Waals surface area contributed by atoms with Gasteiger partial charge in [-0.1, -0.05) is 54.2 Å². The van der Waals surface area contributed by atoms with Crippen LogP contribution in [0.2, 0.25) is 0 Å². The van der Waals surface area contributed by atoms with E-state index >= 15 is 0 Å². The minimum Gasteiger partial charge on any atom is -0.385 e. The van der Waals surface area contributed by atoms with Gasteiger partial charge < -0.3 is 9.84 Å². The average Bonchev–Trinajstić information content (AvgIpc) is 2.62. The van der Waals surface area contributed by atoms with Crippen molar-refractivity contribution in [3.05, 3.63) is 72.3 Å². The number of ether oxygens (including phenoxy) is 1. The molecule has 1 fully saturated rings. The number of hydrogen-bond donors (Lipinski definition) is 1. The fourth-order valence-corrected chi connectivity index (χ4v) is 4.47. The van der Waals surface area contributed by atoms with Crippen LogP contribution in [0.3, 0.4) is 0 Å². The molecule has 1 aliphatic heterocycles. The van der Waals surface area contributed by atoms with E-state index in [4.69, 9.17) is 4.74 Å². The fraction of sp³-hybridized carbons (Fsp3) is 0.273. The standard InChI is InChI=1S/C22H22O2S/c1-16-15-22(23,11-12-24-16)19-7-4-8-20(14-19)25-21-10-9-17-5-2-3-6-18(17)13-21/h2-10,13-14,16,23H,11-12,15H2,1H3. The Hall–Kier alpha value is -1.81. The first-order valence-corrected chi connectivity index (χ1v) is 9.55. The number of aliphatic hydroxyl groups is 1. The molecule has 2 atom stereocenters. The number of fused-ring (bicyclic) bond motifs is 1. The van der Waals surface area contributed by atoms with Gasteiger partial charge in [0.05, 0.1) is 18.3 Å². The first-order valence-electron chi connectivity index (χ1n) is 8.74.